The third-order valence-electron chi connectivity index (χ3n) is 3.20. The third-order valence-corrected chi connectivity index (χ3v) is 4.98. The number of imidazole rings is 1. The van der Waals surface area contributed by atoms with E-state index in [-0.39, 0.29) is 0 Å². The van der Waals surface area contributed by atoms with Crippen LogP contribution in [0.15, 0.2) is 35.2 Å². The van der Waals surface area contributed by atoms with Crippen molar-refractivity contribution in [1.82, 2.24) is 9.97 Å². The molecule has 0 fully saturated rings. The van der Waals surface area contributed by atoms with E-state index >= 15 is 0 Å². The largest absolute Gasteiger partial charge is 0.342 e. The number of hydrogen-bond acceptors (Lipinski definition) is 3. The quantitative estimate of drug-likeness (QED) is 0.610. The van der Waals surface area contributed by atoms with Crippen LogP contribution in [-0.2, 0) is 0 Å². The van der Waals surface area contributed by atoms with Crippen LogP contribution in [0.2, 0.25) is 10.0 Å². The van der Waals surface area contributed by atoms with Crippen molar-refractivity contribution in [3.63, 3.8) is 0 Å². The molecule has 3 nitrogen and oxygen atoms in total. The molecule has 6 heteroatoms. The molecule has 0 unspecified atom stereocenters. The lowest BCUT2D eigenvalue weighted by molar-refractivity contribution is 1.17. The fraction of sp³-hybridized carbons (Fsp3) is 0.133. The molecule has 0 amide bonds. The van der Waals surface area contributed by atoms with Gasteiger partial charge in [0.1, 0.15) is 11.3 Å². The molecular weight excluding hydrogens is 325 g/mol. The second kappa shape index (κ2) is 5.79. The number of anilines is 1. The van der Waals surface area contributed by atoms with Crippen LogP contribution >= 0.6 is 35.1 Å². The fourth-order valence-electron chi connectivity index (χ4n) is 2.05. The molecule has 0 radical (unpaired) electrons. The van der Waals surface area contributed by atoms with E-state index in [0.717, 1.165) is 38.0 Å². The maximum absolute atomic E-state index is 6.41. The Morgan fingerprint density at radius 1 is 1.14 bits per heavy atom. The van der Waals surface area contributed by atoms with E-state index < -0.39 is 0 Å². The lowest BCUT2D eigenvalue weighted by atomic mass is 10.2. The number of aromatic amines is 1. The van der Waals surface area contributed by atoms with Gasteiger partial charge in [0, 0.05) is 9.92 Å². The minimum Gasteiger partial charge on any atom is -0.342 e. The summed E-state index contributed by atoms with van der Waals surface area (Å²) >= 11 is 14.0. The van der Waals surface area contributed by atoms with Gasteiger partial charge in [-0.15, -0.1) is 0 Å². The molecule has 0 saturated heterocycles. The molecule has 2 aromatic carbocycles. The Kier molecular flexibility index (Phi) is 4.02. The predicted octanol–water partition coefficient (Wildman–Crippen LogP) is 5.61. The van der Waals surface area contributed by atoms with Crippen LogP contribution in [0.4, 0.5) is 5.69 Å². The van der Waals surface area contributed by atoms with Gasteiger partial charge in [-0.25, -0.2) is 4.98 Å². The lowest BCUT2D eigenvalue weighted by Crippen LogP contribution is -1.90. The van der Waals surface area contributed by atoms with Crippen molar-refractivity contribution >= 4 is 51.9 Å². The second-order valence-corrected chi connectivity index (χ2v) is 6.35. The van der Waals surface area contributed by atoms with Crippen LogP contribution in [0.25, 0.3) is 11.0 Å². The molecule has 0 bridgehead atoms. The van der Waals surface area contributed by atoms with Crippen molar-refractivity contribution in [1.29, 1.82) is 0 Å². The van der Waals surface area contributed by atoms with Gasteiger partial charge in [0.25, 0.3) is 0 Å². The Morgan fingerprint density at radius 2 is 1.95 bits per heavy atom. The topological polar surface area (TPSA) is 40.7 Å². The van der Waals surface area contributed by atoms with Gasteiger partial charge in [0.2, 0.25) is 0 Å². The summed E-state index contributed by atoms with van der Waals surface area (Å²) < 4.78 is 3.27. The van der Waals surface area contributed by atoms with Crippen molar-refractivity contribution in [2.24, 2.45) is 0 Å². The Morgan fingerprint density at radius 3 is 2.76 bits per heavy atom. The van der Waals surface area contributed by atoms with Crippen molar-refractivity contribution in [3.8, 4) is 0 Å². The molecule has 0 spiro atoms. The molecule has 3 aromatic rings. The van der Waals surface area contributed by atoms with Gasteiger partial charge >= 0.3 is 0 Å². The average Bonchev–Trinajstić information content (AvgIpc) is 2.84. The molecule has 0 atom stereocenters. The summed E-state index contributed by atoms with van der Waals surface area (Å²) in [6, 6.07) is 9.74. The van der Waals surface area contributed by atoms with Gasteiger partial charge in [0.05, 0.1) is 16.2 Å². The lowest BCUT2D eigenvalue weighted by Gasteiger charge is -2.10. The van der Waals surface area contributed by atoms with Crippen molar-refractivity contribution in [2.45, 2.75) is 18.7 Å². The highest BCUT2D eigenvalue weighted by molar-refractivity contribution is 8.00. The minimum atomic E-state index is 0.615. The van der Waals surface area contributed by atoms with Crippen molar-refractivity contribution in [2.75, 3.05) is 4.72 Å². The molecule has 108 valence electrons. The van der Waals surface area contributed by atoms with Gasteiger partial charge in [0.15, 0.2) is 0 Å². The summed E-state index contributed by atoms with van der Waals surface area (Å²) in [5.41, 5.74) is 3.60. The fourth-order valence-corrected chi connectivity index (χ4v) is 3.39. The smallest absolute Gasteiger partial charge is 0.109 e. The van der Waals surface area contributed by atoms with E-state index in [0.29, 0.717) is 5.02 Å². The number of halogens is 2. The summed E-state index contributed by atoms with van der Waals surface area (Å²) in [5.74, 6) is 0.849. The molecule has 21 heavy (non-hydrogen) atoms. The second-order valence-electron chi connectivity index (χ2n) is 4.71. The van der Waals surface area contributed by atoms with Crippen LogP contribution in [0.5, 0.6) is 0 Å². The number of rotatable bonds is 3. The first-order valence-electron chi connectivity index (χ1n) is 6.39. The van der Waals surface area contributed by atoms with Gasteiger partial charge in [-0.05, 0) is 55.6 Å². The zero-order valence-electron chi connectivity index (χ0n) is 11.5. The maximum Gasteiger partial charge on any atom is 0.109 e. The number of benzene rings is 2. The van der Waals surface area contributed by atoms with Gasteiger partial charge < -0.3 is 9.71 Å². The molecule has 1 heterocycles. The van der Waals surface area contributed by atoms with Crippen LogP contribution in [0.1, 0.15) is 11.4 Å². The van der Waals surface area contributed by atoms with Crippen LogP contribution in [0, 0.1) is 13.8 Å². The Bertz CT molecular complexity index is 814. The Hall–Kier alpha value is -1.36. The molecule has 3 rings (SSSR count). The van der Waals surface area contributed by atoms with E-state index in [2.05, 4.69) is 14.7 Å². The summed E-state index contributed by atoms with van der Waals surface area (Å²) in [7, 11) is 0. The van der Waals surface area contributed by atoms with E-state index in [9.17, 15) is 0 Å². The number of aromatic nitrogens is 2. The van der Waals surface area contributed by atoms with Crippen molar-refractivity contribution in [3.05, 3.63) is 51.8 Å². The number of aryl methyl sites for hydroxylation is 1. The Labute approximate surface area is 137 Å². The Balaban J connectivity index is 1.88. The monoisotopic (exact) mass is 337 g/mol. The van der Waals surface area contributed by atoms with Crippen LogP contribution in [0.3, 0.4) is 0 Å². The number of nitrogens with one attached hydrogen (secondary N) is 2. The number of nitrogens with zero attached hydrogens (tertiary/aromatic N) is 1. The van der Waals surface area contributed by atoms with E-state index in [1.54, 1.807) is 0 Å². The summed E-state index contributed by atoms with van der Waals surface area (Å²) in [5, 5.41) is 1.37. The number of H-pyrrole nitrogens is 1. The molecule has 0 aliphatic rings. The SMILES string of the molecule is Cc1nc2c(Cl)c(NSc3cccc(Cl)c3C)ccc2[nH]1. The molecular formula is C15H13Cl2N3S. The first-order chi connectivity index (χ1) is 10.1. The van der Waals surface area contributed by atoms with E-state index in [1.807, 2.05) is 44.2 Å². The van der Waals surface area contributed by atoms with Crippen molar-refractivity contribution < 1.29 is 0 Å². The molecule has 0 aliphatic heterocycles. The minimum absolute atomic E-state index is 0.615. The molecule has 0 aliphatic carbocycles. The highest BCUT2D eigenvalue weighted by Gasteiger charge is 2.10. The van der Waals surface area contributed by atoms with Gasteiger partial charge in [-0.1, -0.05) is 29.3 Å². The standard InChI is InChI=1S/C15H13Cl2N3S/c1-8-10(16)4-3-5-13(8)21-20-11-6-7-12-15(14(11)17)19-9(2)18-12/h3-7,20H,1-2H3,(H,18,19). The zero-order chi connectivity index (χ0) is 15.0. The summed E-state index contributed by atoms with van der Waals surface area (Å²) in [6.45, 7) is 3.90. The van der Waals surface area contributed by atoms with Gasteiger partial charge in [-0.2, -0.15) is 0 Å². The maximum atomic E-state index is 6.41. The zero-order valence-corrected chi connectivity index (χ0v) is 13.8. The summed E-state index contributed by atoms with van der Waals surface area (Å²) in [6.07, 6.45) is 0. The van der Waals surface area contributed by atoms with Crippen LogP contribution < -0.4 is 4.72 Å². The highest BCUT2D eigenvalue weighted by Crippen LogP contribution is 2.34. The highest BCUT2D eigenvalue weighted by atomic mass is 35.5. The molecule has 1 aromatic heterocycles. The first kappa shape index (κ1) is 14.6. The predicted molar refractivity (Wildman–Crippen MR) is 91.5 cm³/mol. The van der Waals surface area contributed by atoms with Gasteiger partial charge in [-0.3, -0.25) is 0 Å². The first-order valence-corrected chi connectivity index (χ1v) is 7.96. The van der Waals surface area contributed by atoms with E-state index in [4.69, 9.17) is 23.2 Å². The molecule has 0 saturated carbocycles. The van der Waals surface area contributed by atoms with Crippen LogP contribution in [-0.4, -0.2) is 9.97 Å². The third kappa shape index (κ3) is 2.84. The normalized spacial score (nSPS) is 11.0. The summed E-state index contributed by atoms with van der Waals surface area (Å²) in [4.78, 5) is 8.64. The molecule has 2 N–H and O–H groups in total. The number of hydrogen-bond donors (Lipinski definition) is 2. The van der Waals surface area contributed by atoms with E-state index in [1.165, 1.54) is 11.9 Å². The number of fused-ring (bicyclic) bond motifs is 1. The average molecular weight is 338 g/mol.